The number of carbonyl (C=O) groups is 1. The topological polar surface area (TPSA) is 46.5 Å². The van der Waals surface area contributed by atoms with Gasteiger partial charge in [-0.2, -0.15) is 0 Å². The fraction of sp³-hybridized carbons (Fsp3) is 0.417. The molecule has 0 amide bonds. The molecule has 0 aromatic heterocycles. The van der Waals surface area contributed by atoms with E-state index in [2.05, 4.69) is 6.07 Å². The minimum Gasteiger partial charge on any atom is -0.491 e. The Morgan fingerprint density at radius 3 is 2.67 bits per heavy atom. The van der Waals surface area contributed by atoms with Gasteiger partial charge in [-0.3, -0.25) is 4.79 Å². The number of rotatable bonds is 7. The highest BCUT2D eigenvalue weighted by molar-refractivity contribution is 6.44. The van der Waals surface area contributed by atoms with Crippen molar-refractivity contribution < 1.29 is 14.6 Å². The van der Waals surface area contributed by atoms with Crippen LogP contribution in [0, 0.1) is 6.07 Å². The highest BCUT2D eigenvalue weighted by Crippen LogP contribution is 2.34. The third kappa shape index (κ3) is 5.34. The molecule has 18 heavy (non-hydrogen) atoms. The van der Waals surface area contributed by atoms with Crippen LogP contribution in [0.1, 0.15) is 25.7 Å². The van der Waals surface area contributed by atoms with Gasteiger partial charge in [-0.25, -0.2) is 0 Å². The molecule has 0 aliphatic heterocycles. The van der Waals surface area contributed by atoms with Gasteiger partial charge < -0.3 is 9.84 Å². The summed E-state index contributed by atoms with van der Waals surface area (Å²) in [4.78, 5) is 10.3. The van der Waals surface area contributed by atoms with Crippen LogP contribution in [-0.2, 0) is 4.79 Å². The smallest absolute Gasteiger partial charge is 0.303 e. The Balaban J connectivity index is 2.33. The van der Waals surface area contributed by atoms with Gasteiger partial charge in [0, 0.05) is 12.5 Å². The minimum atomic E-state index is -0.783. The van der Waals surface area contributed by atoms with Crippen LogP contribution in [0.4, 0.5) is 0 Å². The molecule has 0 fully saturated rings. The number of benzene rings is 1. The summed E-state index contributed by atoms with van der Waals surface area (Å²) in [7, 11) is 0. The summed E-state index contributed by atoms with van der Waals surface area (Å²) in [5.74, 6) is -0.457. The van der Waals surface area contributed by atoms with Gasteiger partial charge in [-0.15, -0.1) is 0 Å². The van der Waals surface area contributed by atoms with Crippen LogP contribution in [-0.4, -0.2) is 17.7 Å². The first-order valence-electron chi connectivity index (χ1n) is 5.42. The lowest BCUT2D eigenvalue weighted by atomic mass is 10.2. The molecule has 0 saturated carbocycles. The molecule has 1 rings (SSSR count). The number of carboxylic acids is 1. The second-order valence-corrected chi connectivity index (χ2v) is 4.85. The molecule has 0 heterocycles. The predicted molar refractivity (Wildman–Crippen MR) is 71.9 cm³/mol. The molecule has 6 heteroatoms. The monoisotopic (exact) mass is 309 g/mol. The van der Waals surface area contributed by atoms with Crippen molar-refractivity contribution in [2.45, 2.75) is 25.7 Å². The first-order chi connectivity index (χ1) is 8.50. The molecule has 0 spiro atoms. The van der Waals surface area contributed by atoms with E-state index < -0.39 is 5.97 Å². The Hall–Kier alpha value is -0.640. The van der Waals surface area contributed by atoms with E-state index in [1.165, 1.54) is 6.07 Å². The average molecular weight is 311 g/mol. The Morgan fingerprint density at radius 1 is 1.28 bits per heavy atom. The third-order valence-electron chi connectivity index (χ3n) is 2.18. The van der Waals surface area contributed by atoms with Gasteiger partial charge in [0.05, 0.1) is 16.7 Å². The summed E-state index contributed by atoms with van der Waals surface area (Å²) in [6, 6.07) is 4.25. The van der Waals surface area contributed by atoms with Crippen molar-refractivity contribution in [2.75, 3.05) is 6.61 Å². The van der Waals surface area contributed by atoms with Crippen molar-refractivity contribution in [2.24, 2.45) is 0 Å². The summed E-state index contributed by atoms with van der Waals surface area (Å²) >= 11 is 17.5. The normalized spacial score (nSPS) is 10.4. The van der Waals surface area contributed by atoms with Gasteiger partial charge in [-0.1, -0.05) is 34.8 Å². The lowest BCUT2D eigenvalue weighted by molar-refractivity contribution is -0.137. The second-order valence-electron chi connectivity index (χ2n) is 3.66. The van der Waals surface area contributed by atoms with E-state index in [4.69, 9.17) is 44.6 Å². The largest absolute Gasteiger partial charge is 0.491 e. The summed E-state index contributed by atoms with van der Waals surface area (Å²) in [5, 5.41) is 9.41. The van der Waals surface area contributed by atoms with Crippen molar-refractivity contribution in [3.63, 3.8) is 0 Å². The Labute approximate surface area is 121 Å². The van der Waals surface area contributed by atoms with Crippen LogP contribution >= 0.6 is 34.8 Å². The van der Waals surface area contributed by atoms with Crippen LogP contribution in [0.25, 0.3) is 0 Å². The lowest BCUT2D eigenvalue weighted by Gasteiger charge is -2.08. The molecule has 3 nitrogen and oxygen atoms in total. The van der Waals surface area contributed by atoms with Crippen LogP contribution < -0.4 is 4.74 Å². The molecular weight excluding hydrogens is 298 g/mol. The molecule has 0 saturated heterocycles. The first kappa shape index (κ1) is 15.4. The van der Waals surface area contributed by atoms with Gasteiger partial charge >= 0.3 is 5.97 Å². The number of unbranched alkanes of at least 4 members (excludes halogenated alkanes) is 2. The quantitative estimate of drug-likeness (QED) is 0.597. The zero-order valence-electron chi connectivity index (χ0n) is 9.51. The molecule has 0 atom stereocenters. The van der Waals surface area contributed by atoms with Crippen molar-refractivity contribution in [3.8, 4) is 5.75 Å². The van der Waals surface area contributed by atoms with E-state index in [0.29, 0.717) is 28.8 Å². The number of hydrogen-bond donors (Lipinski definition) is 1. The van der Waals surface area contributed by atoms with E-state index in [1.807, 2.05) is 0 Å². The molecular formula is C12H12Cl3O3. The SMILES string of the molecule is O=C(O)CCCCCOc1[c]c(Cl)cc(Cl)c1Cl. The van der Waals surface area contributed by atoms with Gasteiger partial charge in [-0.05, 0) is 25.3 Å². The summed E-state index contributed by atoms with van der Waals surface area (Å²) < 4.78 is 5.40. The fourth-order valence-electron chi connectivity index (χ4n) is 1.31. The van der Waals surface area contributed by atoms with E-state index >= 15 is 0 Å². The number of hydrogen-bond acceptors (Lipinski definition) is 2. The van der Waals surface area contributed by atoms with Crippen molar-refractivity contribution in [1.82, 2.24) is 0 Å². The molecule has 1 N–H and O–H groups in total. The molecule has 1 aromatic carbocycles. The zero-order valence-corrected chi connectivity index (χ0v) is 11.8. The summed E-state index contributed by atoms with van der Waals surface area (Å²) in [6.07, 6.45) is 2.32. The van der Waals surface area contributed by atoms with Gasteiger partial charge in [0.1, 0.15) is 10.8 Å². The van der Waals surface area contributed by atoms with Crippen LogP contribution in [0.15, 0.2) is 6.07 Å². The molecule has 0 unspecified atom stereocenters. The Morgan fingerprint density at radius 2 is 2.00 bits per heavy atom. The fourth-order valence-corrected chi connectivity index (χ4v) is 1.91. The number of carboxylic acid groups (broad SMARTS) is 1. The van der Waals surface area contributed by atoms with Gasteiger partial charge in [0.2, 0.25) is 0 Å². The van der Waals surface area contributed by atoms with E-state index in [1.54, 1.807) is 0 Å². The summed E-state index contributed by atoms with van der Waals surface area (Å²) in [5.41, 5.74) is 0. The maximum Gasteiger partial charge on any atom is 0.303 e. The van der Waals surface area contributed by atoms with Crippen LogP contribution in [0.3, 0.4) is 0 Å². The second kappa shape index (κ2) is 7.72. The van der Waals surface area contributed by atoms with Gasteiger partial charge in [0.25, 0.3) is 0 Å². The highest BCUT2D eigenvalue weighted by atomic mass is 35.5. The molecule has 1 radical (unpaired) electrons. The first-order valence-corrected chi connectivity index (χ1v) is 6.55. The lowest BCUT2D eigenvalue weighted by Crippen LogP contribution is -2.00. The van der Waals surface area contributed by atoms with Crippen LogP contribution in [0.5, 0.6) is 5.75 Å². The number of ether oxygens (including phenoxy) is 1. The minimum absolute atomic E-state index is 0.176. The molecule has 0 bridgehead atoms. The van der Waals surface area contributed by atoms with E-state index in [9.17, 15) is 4.79 Å². The van der Waals surface area contributed by atoms with E-state index in [0.717, 1.165) is 12.8 Å². The third-order valence-corrected chi connectivity index (χ3v) is 3.15. The Bertz CT molecular complexity index is 421. The average Bonchev–Trinajstić information content (AvgIpc) is 2.29. The van der Waals surface area contributed by atoms with E-state index in [-0.39, 0.29) is 11.4 Å². The Kier molecular flexibility index (Phi) is 6.61. The molecule has 99 valence electrons. The van der Waals surface area contributed by atoms with Crippen molar-refractivity contribution >= 4 is 40.8 Å². The molecule has 0 aliphatic rings. The number of aliphatic carboxylic acids is 1. The van der Waals surface area contributed by atoms with Gasteiger partial charge in [0.15, 0.2) is 0 Å². The maximum absolute atomic E-state index is 10.3. The van der Waals surface area contributed by atoms with Crippen molar-refractivity contribution in [3.05, 3.63) is 27.2 Å². The number of halogens is 3. The van der Waals surface area contributed by atoms with Crippen molar-refractivity contribution in [1.29, 1.82) is 0 Å². The van der Waals surface area contributed by atoms with Crippen LogP contribution in [0.2, 0.25) is 15.1 Å². The summed E-state index contributed by atoms with van der Waals surface area (Å²) in [6.45, 7) is 0.423. The standard InChI is InChI=1S/C12H12Cl3O3/c13-8-6-9(14)12(15)10(7-8)18-5-3-1-2-4-11(16)17/h6H,1-5H2,(H,16,17). The molecule has 0 aliphatic carbocycles. The zero-order chi connectivity index (χ0) is 13.5. The molecule has 1 aromatic rings. The maximum atomic E-state index is 10.3. The predicted octanol–water partition coefficient (Wildman–Crippen LogP) is 4.47. The highest BCUT2D eigenvalue weighted by Gasteiger charge is 2.08.